The highest BCUT2D eigenvalue weighted by molar-refractivity contribution is 9.10. The minimum absolute atomic E-state index is 0.250. The van der Waals surface area contributed by atoms with Gasteiger partial charge in [0.05, 0.1) is 18.8 Å². The van der Waals surface area contributed by atoms with Crippen LogP contribution in [-0.4, -0.2) is 51.3 Å². The molecule has 1 amide bonds. The lowest BCUT2D eigenvalue weighted by atomic mass is 10.2. The van der Waals surface area contributed by atoms with Crippen LogP contribution in [0, 0.1) is 5.82 Å². The van der Waals surface area contributed by atoms with Gasteiger partial charge in [0.15, 0.2) is 0 Å². The molecule has 0 atom stereocenters. The van der Waals surface area contributed by atoms with Gasteiger partial charge < -0.3 is 14.4 Å². The first-order valence-corrected chi connectivity index (χ1v) is 6.61. The van der Waals surface area contributed by atoms with E-state index in [9.17, 15) is 9.18 Å². The van der Waals surface area contributed by atoms with Crippen LogP contribution in [0.5, 0.6) is 0 Å². The van der Waals surface area contributed by atoms with E-state index in [2.05, 4.69) is 15.9 Å². The summed E-state index contributed by atoms with van der Waals surface area (Å²) < 4.78 is 23.7. The highest BCUT2D eigenvalue weighted by atomic mass is 79.9. The molecule has 0 N–H and O–H groups in total. The Morgan fingerprint density at radius 1 is 1.26 bits per heavy atom. The van der Waals surface area contributed by atoms with Crippen LogP contribution in [0.2, 0.25) is 0 Å². The molecule has 0 saturated carbocycles. The molecular weight excluding hydrogens is 317 g/mol. The molecule has 19 heavy (non-hydrogen) atoms. The van der Waals surface area contributed by atoms with Gasteiger partial charge >= 0.3 is 0 Å². The second kappa shape index (κ2) is 8.24. The van der Waals surface area contributed by atoms with E-state index in [1.807, 2.05) is 0 Å². The maximum atomic E-state index is 13.2. The quantitative estimate of drug-likeness (QED) is 0.768. The molecule has 0 fully saturated rings. The number of carbonyl (C=O) groups excluding carboxylic acids is 1. The van der Waals surface area contributed by atoms with Crippen LogP contribution in [0.3, 0.4) is 0 Å². The van der Waals surface area contributed by atoms with E-state index < -0.39 is 5.82 Å². The largest absolute Gasteiger partial charge is 0.383 e. The highest BCUT2D eigenvalue weighted by Gasteiger charge is 2.18. The summed E-state index contributed by atoms with van der Waals surface area (Å²) in [6, 6.07) is 4.04. The molecule has 1 aromatic rings. The molecular formula is C13H17BrFNO3. The van der Waals surface area contributed by atoms with Crippen molar-refractivity contribution in [2.75, 3.05) is 40.5 Å². The van der Waals surface area contributed by atoms with Gasteiger partial charge in [0.2, 0.25) is 0 Å². The van der Waals surface area contributed by atoms with Crippen LogP contribution < -0.4 is 0 Å². The first-order valence-electron chi connectivity index (χ1n) is 5.82. The van der Waals surface area contributed by atoms with Crippen LogP contribution in [0.15, 0.2) is 22.7 Å². The van der Waals surface area contributed by atoms with Crippen molar-refractivity contribution in [2.24, 2.45) is 0 Å². The fourth-order valence-corrected chi connectivity index (χ4v) is 1.97. The lowest BCUT2D eigenvalue weighted by Gasteiger charge is -2.22. The smallest absolute Gasteiger partial charge is 0.255 e. The molecule has 0 saturated heterocycles. The first-order chi connectivity index (χ1) is 9.10. The average molecular weight is 334 g/mol. The molecule has 0 heterocycles. The average Bonchev–Trinajstić information content (AvgIpc) is 2.41. The summed E-state index contributed by atoms with van der Waals surface area (Å²) >= 11 is 3.26. The van der Waals surface area contributed by atoms with Crippen molar-refractivity contribution in [3.8, 4) is 0 Å². The Morgan fingerprint density at radius 2 is 1.84 bits per heavy atom. The van der Waals surface area contributed by atoms with Gasteiger partial charge in [-0.05, 0) is 34.1 Å². The second-order valence-corrected chi connectivity index (χ2v) is 4.76. The zero-order chi connectivity index (χ0) is 14.3. The third-order valence-electron chi connectivity index (χ3n) is 2.58. The van der Waals surface area contributed by atoms with Crippen molar-refractivity contribution in [2.45, 2.75) is 0 Å². The number of hydrogen-bond acceptors (Lipinski definition) is 3. The van der Waals surface area contributed by atoms with Crippen molar-refractivity contribution in [3.63, 3.8) is 0 Å². The summed E-state index contributed by atoms with van der Waals surface area (Å²) in [4.78, 5) is 13.9. The van der Waals surface area contributed by atoms with Crippen molar-refractivity contribution >= 4 is 21.8 Å². The van der Waals surface area contributed by atoms with E-state index in [1.54, 1.807) is 19.1 Å². The maximum Gasteiger partial charge on any atom is 0.255 e. The van der Waals surface area contributed by atoms with E-state index in [1.165, 1.54) is 18.2 Å². The van der Waals surface area contributed by atoms with Gasteiger partial charge in [0.25, 0.3) is 5.91 Å². The van der Waals surface area contributed by atoms with Crippen molar-refractivity contribution in [1.29, 1.82) is 0 Å². The summed E-state index contributed by atoms with van der Waals surface area (Å²) in [7, 11) is 3.13. The fourth-order valence-electron chi connectivity index (χ4n) is 1.55. The fraction of sp³-hybridized carbons (Fsp3) is 0.462. The Kier molecular flexibility index (Phi) is 6.97. The summed E-state index contributed by atoms with van der Waals surface area (Å²) in [5.41, 5.74) is 0.298. The number of halogens is 2. The van der Waals surface area contributed by atoms with E-state index in [4.69, 9.17) is 9.47 Å². The van der Waals surface area contributed by atoms with Gasteiger partial charge in [-0.25, -0.2) is 4.39 Å². The van der Waals surface area contributed by atoms with Gasteiger partial charge in [-0.15, -0.1) is 0 Å². The molecule has 1 rings (SSSR count). The lowest BCUT2D eigenvalue weighted by Crippen LogP contribution is -2.36. The molecule has 0 spiro atoms. The van der Waals surface area contributed by atoms with E-state index >= 15 is 0 Å². The number of ether oxygens (including phenoxy) is 2. The van der Waals surface area contributed by atoms with E-state index in [0.29, 0.717) is 36.3 Å². The molecule has 106 valence electrons. The molecule has 0 aromatic heterocycles. The van der Waals surface area contributed by atoms with Crippen LogP contribution >= 0.6 is 15.9 Å². The normalized spacial score (nSPS) is 10.5. The first kappa shape index (κ1) is 16.1. The Morgan fingerprint density at radius 3 is 2.37 bits per heavy atom. The third kappa shape index (κ3) is 4.89. The van der Waals surface area contributed by atoms with Gasteiger partial charge in [-0.2, -0.15) is 0 Å². The zero-order valence-corrected chi connectivity index (χ0v) is 12.6. The second-order valence-electron chi connectivity index (χ2n) is 3.90. The number of carbonyl (C=O) groups is 1. The van der Waals surface area contributed by atoms with Gasteiger partial charge in [0, 0.05) is 31.8 Å². The Bertz CT molecular complexity index is 420. The number of rotatable bonds is 7. The van der Waals surface area contributed by atoms with Gasteiger partial charge in [0.1, 0.15) is 5.82 Å². The van der Waals surface area contributed by atoms with Gasteiger partial charge in [-0.1, -0.05) is 0 Å². The maximum absolute atomic E-state index is 13.2. The summed E-state index contributed by atoms with van der Waals surface area (Å²) in [5.74, 6) is -0.689. The highest BCUT2D eigenvalue weighted by Crippen LogP contribution is 2.19. The minimum atomic E-state index is -0.440. The summed E-state index contributed by atoms with van der Waals surface area (Å²) in [6.45, 7) is 1.70. The van der Waals surface area contributed by atoms with Crippen molar-refractivity contribution in [1.82, 2.24) is 4.90 Å². The molecule has 4 nitrogen and oxygen atoms in total. The molecule has 1 aromatic carbocycles. The lowest BCUT2D eigenvalue weighted by molar-refractivity contribution is 0.0626. The van der Waals surface area contributed by atoms with Crippen molar-refractivity contribution in [3.05, 3.63) is 34.1 Å². The molecule has 0 unspecified atom stereocenters. The Hall–Kier alpha value is -0.980. The van der Waals surface area contributed by atoms with Crippen LogP contribution in [0.1, 0.15) is 10.4 Å². The third-order valence-corrected chi connectivity index (χ3v) is 3.27. The molecule has 6 heteroatoms. The topological polar surface area (TPSA) is 38.8 Å². The van der Waals surface area contributed by atoms with Crippen LogP contribution in [0.25, 0.3) is 0 Å². The standard InChI is InChI=1S/C13H17BrFNO3/c1-18-7-5-16(6-8-19-2)13(17)11-9-10(15)3-4-12(11)14/h3-4,9H,5-8H2,1-2H3. The molecule has 0 bridgehead atoms. The Labute approximate surface area is 120 Å². The molecule has 0 radical (unpaired) electrons. The monoisotopic (exact) mass is 333 g/mol. The van der Waals surface area contributed by atoms with Crippen LogP contribution in [-0.2, 0) is 9.47 Å². The minimum Gasteiger partial charge on any atom is -0.383 e. The Balaban J connectivity index is 2.87. The number of amides is 1. The predicted molar refractivity (Wildman–Crippen MR) is 73.8 cm³/mol. The molecule has 0 aliphatic carbocycles. The summed E-state index contributed by atoms with van der Waals surface area (Å²) in [5, 5.41) is 0. The summed E-state index contributed by atoms with van der Waals surface area (Å²) in [6.07, 6.45) is 0. The van der Waals surface area contributed by atoms with E-state index in [0.717, 1.165) is 0 Å². The van der Waals surface area contributed by atoms with Gasteiger partial charge in [-0.3, -0.25) is 4.79 Å². The van der Waals surface area contributed by atoms with Crippen LogP contribution in [0.4, 0.5) is 4.39 Å². The SMILES string of the molecule is COCCN(CCOC)C(=O)c1cc(F)ccc1Br. The zero-order valence-electron chi connectivity index (χ0n) is 11.0. The molecule has 0 aliphatic rings. The predicted octanol–water partition coefficient (Wildman–Crippen LogP) is 2.32. The number of benzene rings is 1. The van der Waals surface area contributed by atoms with E-state index in [-0.39, 0.29) is 5.91 Å². The molecule has 0 aliphatic heterocycles. The number of methoxy groups -OCH3 is 2. The number of hydrogen-bond donors (Lipinski definition) is 0. The number of nitrogens with zero attached hydrogens (tertiary/aromatic N) is 1. The van der Waals surface area contributed by atoms with Crippen molar-refractivity contribution < 1.29 is 18.7 Å².